The second-order valence-electron chi connectivity index (χ2n) is 6.38. The quantitative estimate of drug-likeness (QED) is 0.256. The standard InChI is InChI=1S/C21H13BrN2O5S/c22-17-10-14(24(27)28)6-8-16(17)18-9-7-15(29-18)11-19-20(25)23(21(26)30-19)12-13-4-2-1-3-5-13/h1-11H,12H2/b19-11-. The molecule has 4 rings (SSSR count). The minimum Gasteiger partial charge on any atom is -0.457 e. The number of hydrogen-bond donors (Lipinski definition) is 0. The summed E-state index contributed by atoms with van der Waals surface area (Å²) in [6.45, 7) is 0.210. The maximum absolute atomic E-state index is 12.7. The van der Waals surface area contributed by atoms with Crippen LogP contribution in [0.5, 0.6) is 0 Å². The lowest BCUT2D eigenvalue weighted by atomic mass is 10.1. The van der Waals surface area contributed by atoms with Crippen LogP contribution in [0.25, 0.3) is 17.4 Å². The molecule has 7 nitrogen and oxygen atoms in total. The van der Waals surface area contributed by atoms with Crippen molar-refractivity contribution in [2.75, 3.05) is 0 Å². The van der Waals surface area contributed by atoms with Gasteiger partial charge in [0.05, 0.1) is 16.4 Å². The molecule has 2 amide bonds. The molecule has 0 aliphatic carbocycles. The number of carbonyl (C=O) groups excluding carboxylic acids is 2. The molecule has 0 spiro atoms. The van der Waals surface area contributed by atoms with Crippen LogP contribution in [0.1, 0.15) is 11.3 Å². The van der Waals surface area contributed by atoms with Crippen LogP contribution in [0.4, 0.5) is 10.5 Å². The van der Waals surface area contributed by atoms with Crippen LogP contribution in [0.15, 0.2) is 74.5 Å². The molecule has 1 aliphatic rings. The molecule has 0 N–H and O–H groups in total. The second-order valence-corrected chi connectivity index (χ2v) is 8.22. The number of carbonyl (C=O) groups is 2. The van der Waals surface area contributed by atoms with Crippen LogP contribution in [0, 0.1) is 10.1 Å². The molecule has 3 aromatic rings. The molecule has 150 valence electrons. The van der Waals surface area contributed by atoms with Gasteiger partial charge in [0, 0.05) is 28.2 Å². The summed E-state index contributed by atoms with van der Waals surface area (Å²) < 4.78 is 6.29. The van der Waals surface area contributed by atoms with E-state index in [0.29, 0.717) is 21.6 Å². The summed E-state index contributed by atoms with van der Waals surface area (Å²) >= 11 is 4.18. The van der Waals surface area contributed by atoms with Crippen LogP contribution in [-0.4, -0.2) is 21.0 Å². The van der Waals surface area contributed by atoms with Crippen molar-refractivity contribution in [2.24, 2.45) is 0 Å². The molecule has 0 atom stereocenters. The number of thioether (sulfide) groups is 1. The van der Waals surface area contributed by atoms with E-state index in [1.165, 1.54) is 23.1 Å². The molecule has 2 aromatic carbocycles. The Morgan fingerprint density at radius 1 is 1.10 bits per heavy atom. The molecule has 2 heterocycles. The molecular formula is C21H13BrN2O5S. The van der Waals surface area contributed by atoms with E-state index in [4.69, 9.17) is 4.42 Å². The first-order valence-corrected chi connectivity index (χ1v) is 10.4. The molecule has 1 fully saturated rings. The first-order chi connectivity index (χ1) is 14.4. The number of furan rings is 1. The topological polar surface area (TPSA) is 93.7 Å². The smallest absolute Gasteiger partial charge is 0.293 e. The molecule has 1 saturated heterocycles. The zero-order valence-corrected chi connectivity index (χ0v) is 17.7. The van der Waals surface area contributed by atoms with Gasteiger partial charge in [0.25, 0.3) is 16.8 Å². The van der Waals surface area contributed by atoms with Crippen molar-refractivity contribution in [3.63, 3.8) is 0 Å². The minimum absolute atomic E-state index is 0.0375. The SMILES string of the molecule is O=C1S/C(=C\c2ccc(-c3ccc([N+](=O)[O-])cc3Br)o2)C(=O)N1Cc1ccccc1. The van der Waals surface area contributed by atoms with E-state index < -0.39 is 4.92 Å². The first kappa shape index (κ1) is 20.1. The fraction of sp³-hybridized carbons (Fsp3) is 0.0476. The van der Waals surface area contributed by atoms with E-state index >= 15 is 0 Å². The Kier molecular flexibility index (Phi) is 5.56. The lowest BCUT2D eigenvalue weighted by molar-refractivity contribution is -0.384. The number of amides is 2. The summed E-state index contributed by atoms with van der Waals surface area (Å²) in [7, 11) is 0. The van der Waals surface area contributed by atoms with E-state index in [-0.39, 0.29) is 28.3 Å². The van der Waals surface area contributed by atoms with Gasteiger partial charge in [-0.3, -0.25) is 24.6 Å². The maximum atomic E-state index is 12.7. The number of nitro benzene ring substituents is 1. The van der Waals surface area contributed by atoms with Crippen molar-refractivity contribution >= 4 is 50.6 Å². The summed E-state index contributed by atoms with van der Waals surface area (Å²) in [5, 5.41) is 10.6. The Bertz CT molecular complexity index is 1190. The number of benzene rings is 2. The number of nitrogens with zero attached hydrogens (tertiary/aromatic N) is 2. The second kappa shape index (κ2) is 8.29. The number of non-ortho nitro benzene ring substituents is 1. The molecule has 0 unspecified atom stereocenters. The zero-order valence-electron chi connectivity index (χ0n) is 15.3. The highest BCUT2D eigenvalue weighted by atomic mass is 79.9. The number of imide groups is 1. The van der Waals surface area contributed by atoms with Gasteiger partial charge in [0.2, 0.25) is 0 Å². The summed E-state index contributed by atoms with van der Waals surface area (Å²) in [5.74, 6) is 0.510. The van der Waals surface area contributed by atoms with Crippen LogP contribution in [0.3, 0.4) is 0 Å². The molecular weight excluding hydrogens is 472 g/mol. The van der Waals surface area contributed by atoms with Gasteiger partial charge >= 0.3 is 0 Å². The third-order valence-corrected chi connectivity index (χ3v) is 5.95. The number of nitro groups is 1. The maximum Gasteiger partial charge on any atom is 0.293 e. The average molecular weight is 485 g/mol. The Balaban J connectivity index is 1.55. The Morgan fingerprint density at radius 2 is 1.87 bits per heavy atom. The Hall–Kier alpha value is -3.17. The fourth-order valence-electron chi connectivity index (χ4n) is 2.92. The van der Waals surface area contributed by atoms with Crippen LogP contribution >= 0.6 is 27.7 Å². The van der Waals surface area contributed by atoms with Gasteiger partial charge in [-0.1, -0.05) is 30.3 Å². The summed E-state index contributed by atoms with van der Waals surface area (Å²) in [4.78, 5) is 36.8. The molecule has 30 heavy (non-hydrogen) atoms. The summed E-state index contributed by atoms with van der Waals surface area (Å²) in [6.07, 6.45) is 1.53. The lowest BCUT2D eigenvalue weighted by Crippen LogP contribution is -2.27. The van der Waals surface area contributed by atoms with Gasteiger partial charge in [0.15, 0.2) is 0 Å². The van der Waals surface area contributed by atoms with Gasteiger partial charge in [-0.25, -0.2) is 0 Å². The van der Waals surface area contributed by atoms with E-state index in [0.717, 1.165) is 17.3 Å². The molecule has 0 bridgehead atoms. The number of halogens is 1. The van der Waals surface area contributed by atoms with Crippen LogP contribution in [-0.2, 0) is 11.3 Å². The molecule has 0 radical (unpaired) electrons. The van der Waals surface area contributed by atoms with Crippen molar-refractivity contribution in [3.8, 4) is 11.3 Å². The normalized spacial score (nSPS) is 15.2. The largest absolute Gasteiger partial charge is 0.457 e. The predicted molar refractivity (Wildman–Crippen MR) is 116 cm³/mol. The fourth-order valence-corrected chi connectivity index (χ4v) is 4.30. The van der Waals surface area contributed by atoms with E-state index in [9.17, 15) is 19.7 Å². The Morgan fingerprint density at radius 3 is 2.57 bits per heavy atom. The summed E-state index contributed by atoms with van der Waals surface area (Å²) in [5.41, 5.74) is 1.46. The van der Waals surface area contributed by atoms with Crippen LogP contribution in [0.2, 0.25) is 0 Å². The highest BCUT2D eigenvalue weighted by Crippen LogP contribution is 2.36. The highest BCUT2D eigenvalue weighted by molar-refractivity contribution is 9.10. The van der Waals surface area contributed by atoms with Crippen molar-refractivity contribution in [1.29, 1.82) is 0 Å². The Labute approximate surface area is 183 Å². The molecule has 0 saturated carbocycles. The average Bonchev–Trinajstić information content (AvgIpc) is 3.29. The van der Waals surface area contributed by atoms with E-state index in [2.05, 4.69) is 15.9 Å². The molecule has 9 heteroatoms. The number of hydrogen-bond acceptors (Lipinski definition) is 6. The van der Waals surface area contributed by atoms with E-state index in [1.807, 2.05) is 30.3 Å². The van der Waals surface area contributed by atoms with Gasteiger partial charge in [0.1, 0.15) is 11.5 Å². The van der Waals surface area contributed by atoms with Crippen molar-refractivity contribution in [3.05, 3.63) is 91.5 Å². The molecule has 1 aliphatic heterocycles. The monoisotopic (exact) mass is 484 g/mol. The van der Waals surface area contributed by atoms with Crippen LogP contribution < -0.4 is 0 Å². The lowest BCUT2D eigenvalue weighted by Gasteiger charge is -2.11. The third kappa shape index (κ3) is 4.07. The van der Waals surface area contributed by atoms with E-state index in [1.54, 1.807) is 18.2 Å². The van der Waals surface area contributed by atoms with Gasteiger partial charge in [-0.15, -0.1) is 0 Å². The van der Waals surface area contributed by atoms with Gasteiger partial charge in [-0.2, -0.15) is 0 Å². The highest BCUT2D eigenvalue weighted by Gasteiger charge is 2.35. The summed E-state index contributed by atoms with van der Waals surface area (Å²) in [6, 6.07) is 17.0. The zero-order chi connectivity index (χ0) is 21.3. The third-order valence-electron chi connectivity index (χ3n) is 4.39. The first-order valence-electron chi connectivity index (χ1n) is 8.76. The van der Waals surface area contributed by atoms with Crippen molar-refractivity contribution < 1.29 is 18.9 Å². The predicted octanol–water partition coefficient (Wildman–Crippen LogP) is 5.85. The van der Waals surface area contributed by atoms with Gasteiger partial charge < -0.3 is 4.42 Å². The molecule has 1 aromatic heterocycles. The van der Waals surface area contributed by atoms with Crippen molar-refractivity contribution in [1.82, 2.24) is 4.90 Å². The minimum atomic E-state index is -0.479. The van der Waals surface area contributed by atoms with Crippen molar-refractivity contribution in [2.45, 2.75) is 6.54 Å². The van der Waals surface area contributed by atoms with Gasteiger partial charge in [-0.05, 0) is 51.5 Å². The number of rotatable bonds is 5.